The molecule has 13 heavy (non-hydrogen) atoms. The van der Waals surface area contributed by atoms with Crippen LogP contribution in [-0.2, 0) is 0 Å². The van der Waals surface area contributed by atoms with Gasteiger partial charge in [0, 0.05) is 9.86 Å². The van der Waals surface area contributed by atoms with Crippen LogP contribution in [0, 0.1) is 6.92 Å². The minimum absolute atomic E-state index is 0.572. The maximum atomic E-state index is 5.65. The number of fused-ring (bicyclic) bond motifs is 1. The highest BCUT2D eigenvalue weighted by Crippen LogP contribution is 2.22. The number of aromatic nitrogens is 1. The van der Waals surface area contributed by atoms with Gasteiger partial charge in [-0.1, -0.05) is 22.0 Å². The molecular formula is C10H9BrN2. The summed E-state index contributed by atoms with van der Waals surface area (Å²) in [5, 5.41) is 1.15. The van der Waals surface area contributed by atoms with Crippen LogP contribution in [0.15, 0.2) is 28.7 Å². The van der Waals surface area contributed by atoms with Crippen LogP contribution in [0.2, 0.25) is 0 Å². The second-order valence-corrected chi connectivity index (χ2v) is 3.94. The summed E-state index contributed by atoms with van der Waals surface area (Å²) in [6.07, 6.45) is 0. The topological polar surface area (TPSA) is 38.9 Å². The van der Waals surface area contributed by atoms with Gasteiger partial charge in [0.25, 0.3) is 0 Å². The first-order valence-corrected chi connectivity index (χ1v) is 4.78. The Labute approximate surface area is 84.9 Å². The molecule has 0 saturated carbocycles. The number of rotatable bonds is 0. The number of benzene rings is 1. The van der Waals surface area contributed by atoms with Crippen molar-refractivity contribution in [3.05, 3.63) is 34.3 Å². The minimum Gasteiger partial charge on any atom is -0.384 e. The molecule has 2 aromatic rings. The number of nitrogens with two attached hydrogens (primary N) is 1. The lowest BCUT2D eigenvalue weighted by atomic mass is 10.1. The maximum Gasteiger partial charge on any atom is 0.124 e. The third-order valence-electron chi connectivity index (χ3n) is 2.00. The molecule has 0 spiro atoms. The molecule has 2 rings (SSSR count). The standard InChI is InChI=1S/C10H9BrN2/c1-6-4-10(12)13-9-5-7(11)2-3-8(6)9/h2-5H,1H3,(H2,12,13). The van der Waals surface area contributed by atoms with Crippen LogP contribution >= 0.6 is 15.9 Å². The normalized spacial score (nSPS) is 10.6. The molecule has 0 atom stereocenters. The van der Waals surface area contributed by atoms with Crippen LogP contribution < -0.4 is 5.73 Å². The Morgan fingerprint density at radius 3 is 2.85 bits per heavy atom. The lowest BCUT2D eigenvalue weighted by molar-refractivity contribution is 1.37. The maximum absolute atomic E-state index is 5.65. The number of nitrogens with zero attached hydrogens (tertiary/aromatic N) is 1. The molecule has 2 nitrogen and oxygen atoms in total. The van der Waals surface area contributed by atoms with Gasteiger partial charge in [-0.3, -0.25) is 0 Å². The van der Waals surface area contributed by atoms with E-state index in [2.05, 4.69) is 20.9 Å². The van der Waals surface area contributed by atoms with Crippen molar-refractivity contribution in [2.24, 2.45) is 0 Å². The molecule has 0 aliphatic rings. The Bertz CT molecular complexity index is 460. The highest BCUT2D eigenvalue weighted by Gasteiger charge is 2.00. The van der Waals surface area contributed by atoms with Crippen molar-refractivity contribution in [3.8, 4) is 0 Å². The Balaban J connectivity index is 2.86. The van der Waals surface area contributed by atoms with Gasteiger partial charge < -0.3 is 5.73 Å². The van der Waals surface area contributed by atoms with Gasteiger partial charge in [-0.2, -0.15) is 0 Å². The Kier molecular flexibility index (Phi) is 1.96. The van der Waals surface area contributed by atoms with Gasteiger partial charge in [0.15, 0.2) is 0 Å². The Hall–Kier alpha value is -1.09. The van der Waals surface area contributed by atoms with E-state index in [0.29, 0.717) is 5.82 Å². The molecule has 0 saturated heterocycles. The van der Waals surface area contributed by atoms with E-state index in [9.17, 15) is 0 Å². The molecule has 3 heteroatoms. The summed E-state index contributed by atoms with van der Waals surface area (Å²) in [6.45, 7) is 2.04. The average molecular weight is 237 g/mol. The molecule has 1 aromatic heterocycles. The smallest absolute Gasteiger partial charge is 0.124 e. The number of halogens is 1. The van der Waals surface area contributed by atoms with E-state index < -0.39 is 0 Å². The fourth-order valence-corrected chi connectivity index (χ4v) is 1.75. The van der Waals surface area contributed by atoms with Gasteiger partial charge in [-0.15, -0.1) is 0 Å². The van der Waals surface area contributed by atoms with E-state index in [-0.39, 0.29) is 0 Å². The number of nitrogen functional groups attached to an aromatic ring is 1. The van der Waals surface area contributed by atoms with Crippen LogP contribution in [0.3, 0.4) is 0 Å². The summed E-state index contributed by atoms with van der Waals surface area (Å²) in [5.74, 6) is 0.572. The van der Waals surface area contributed by atoms with Crippen molar-refractivity contribution < 1.29 is 0 Å². The van der Waals surface area contributed by atoms with Crippen LogP contribution in [0.25, 0.3) is 10.9 Å². The number of aryl methyl sites for hydroxylation is 1. The van der Waals surface area contributed by atoms with Gasteiger partial charge in [-0.05, 0) is 30.7 Å². The van der Waals surface area contributed by atoms with Crippen LogP contribution in [0.5, 0.6) is 0 Å². The van der Waals surface area contributed by atoms with Crippen molar-refractivity contribution in [1.82, 2.24) is 4.98 Å². The fraction of sp³-hybridized carbons (Fsp3) is 0.100. The zero-order valence-electron chi connectivity index (χ0n) is 7.21. The summed E-state index contributed by atoms with van der Waals surface area (Å²) in [6, 6.07) is 7.91. The molecule has 66 valence electrons. The van der Waals surface area contributed by atoms with Crippen molar-refractivity contribution >= 4 is 32.7 Å². The van der Waals surface area contributed by atoms with Crippen molar-refractivity contribution in [2.45, 2.75) is 6.92 Å². The monoisotopic (exact) mass is 236 g/mol. The van der Waals surface area contributed by atoms with Crippen molar-refractivity contribution in [2.75, 3.05) is 5.73 Å². The summed E-state index contributed by atoms with van der Waals surface area (Å²) in [5.41, 5.74) is 7.75. The average Bonchev–Trinajstić information content (AvgIpc) is 2.02. The second-order valence-electron chi connectivity index (χ2n) is 3.03. The zero-order valence-corrected chi connectivity index (χ0v) is 8.80. The largest absolute Gasteiger partial charge is 0.384 e. The molecule has 1 heterocycles. The Morgan fingerprint density at radius 2 is 2.08 bits per heavy atom. The van der Waals surface area contributed by atoms with E-state index in [1.807, 2.05) is 31.2 Å². The van der Waals surface area contributed by atoms with Crippen LogP contribution in [-0.4, -0.2) is 4.98 Å². The van der Waals surface area contributed by atoms with Crippen molar-refractivity contribution in [3.63, 3.8) is 0 Å². The molecule has 0 radical (unpaired) electrons. The van der Waals surface area contributed by atoms with E-state index in [0.717, 1.165) is 20.9 Å². The molecule has 0 fully saturated rings. The first kappa shape index (κ1) is 8.51. The third kappa shape index (κ3) is 1.52. The molecule has 0 bridgehead atoms. The Morgan fingerprint density at radius 1 is 1.31 bits per heavy atom. The van der Waals surface area contributed by atoms with E-state index in [1.54, 1.807) is 0 Å². The van der Waals surface area contributed by atoms with Gasteiger partial charge in [-0.25, -0.2) is 4.98 Å². The van der Waals surface area contributed by atoms with E-state index in [4.69, 9.17) is 5.73 Å². The van der Waals surface area contributed by atoms with E-state index in [1.165, 1.54) is 0 Å². The fourth-order valence-electron chi connectivity index (χ4n) is 1.40. The first-order valence-electron chi connectivity index (χ1n) is 3.99. The molecule has 0 unspecified atom stereocenters. The summed E-state index contributed by atoms with van der Waals surface area (Å²) in [4.78, 5) is 4.25. The van der Waals surface area contributed by atoms with Crippen molar-refractivity contribution in [1.29, 1.82) is 0 Å². The van der Waals surface area contributed by atoms with E-state index >= 15 is 0 Å². The highest BCUT2D eigenvalue weighted by atomic mass is 79.9. The van der Waals surface area contributed by atoms with Gasteiger partial charge >= 0.3 is 0 Å². The van der Waals surface area contributed by atoms with Gasteiger partial charge in [0.2, 0.25) is 0 Å². The first-order chi connectivity index (χ1) is 6.16. The van der Waals surface area contributed by atoms with Gasteiger partial charge in [0.05, 0.1) is 5.52 Å². The molecule has 0 aliphatic carbocycles. The zero-order chi connectivity index (χ0) is 9.42. The van der Waals surface area contributed by atoms with Gasteiger partial charge in [0.1, 0.15) is 5.82 Å². The molecule has 2 N–H and O–H groups in total. The lowest BCUT2D eigenvalue weighted by Crippen LogP contribution is -1.92. The number of hydrogen-bond donors (Lipinski definition) is 1. The van der Waals surface area contributed by atoms with Crippen LogP contribution in [0.1, 0.15) is 5.56 Å². The summed E-state index contributed by atoms with van der Waals surface area (Å²) in [7, 11) is 0. The molecule has 1 aromatic carbocycles. The SMILES string of the molecule is Cc1cc(N)nc2cc(Br)ccc12. The molecule has 0 aliphatic heterocycles. The predicted molar refractivity (Wildman–Crippen MR) is 58.6 cm³/mol. The second kappa shape index (κ2) is 3.00. The van der Waals surface area contributed by atoms with Crippen LogP contribution in [0.4, 0.5) is 5.82 Å². The third-order valence-corrected chi connectivity index (χ3v) is 2.49. The predicted octanol–water partition coefficient (Wildman–Crippen LogP) is 2.89. The number of pyridine rings is 1. The quantitative estimate of drug-likeness (QED) is 0.765. The summed E-state index contributed by atoms with van der Waals surface area (Å²) >= 11 is 3.40. The highest BCUT2D eigenvalue weighted by molar-refractivity contribution is 9.10. The minimum atomic E-state index is 0.572. The molecule has 0 amide bonds. The summed E-state index contributed by atoms with van der Waals surface area (Å²) < 4.78 is 1.03. The lowest BCUT2D eigenvalue weighted by Gasteiger charge is -2.03. The molecular weight excluding hydrogens is 228 g/mol. The number of anilines is 1. The number of hydrogen-bond acceptors (Lipinski definition) is 2.